The van der Waals surface area contributed by atoms with E-state index in [1.54, 1.807) is 0 Å². The minimum atomic E-state index is 0.0301. The van der Waals surface area contributed by atoms with E-state index in [4.69, 9.17) is 10.9 Å². The maximum Gasteiger partial charge on any atom is 0.224 e. The van der Waals surface area contributed by atoms with Crippen LogP contribution in [0.4, 0.5) is 0 Å². The number of hydrogen-bond donors (Lipinski definition) is 3. The maximum absolute atomic E-state index is 11.8. The van der Waals surface area contributed by atoms with Crippen LogP contribution < -0.4 is 11.1 Å². The molecule has 110 valence electrons. The molecule has 20 heavy (non-hydrogen) atoms. The van der Waals surface area contributed by atoms with Crippen LogP contribution in [-0.2, 0) is 11.2 Å². The summed E-state index contributed by atoms with van der Waals surface area (Å²) >= 11 is 0. The quantitative estimate of drug-likeness (QED) is 0.234. The summed E-state index contributed by atoms with van der Waals surface area (Å²) in [7, 11) is 0. The smallest absolute Gasteiger partial charge is 0.224 e. The molecule has 0 aliphatic rings. The number of benzene rings is 1. The highest BCUT2D eigenvalue weighted by molar-refractivity contribution is 5.79. The van der Waals surface area contributed by atoms with Gasteiger partial charge in [-0.25, -0.2) is 0 Å². The van der Waals surface area contributed by atoms with Gasteiger partial charge in [0.2, 0.25) is 5.91 Å². The average molecular weight is 277 g/mol. The van der Waals surface area contributed by atoms with Crippen molar-refractivity contribution in [1.29, 1.82) is 0 Å². The zero-order valence-electron chi connectivity index (χ0n) is 12.1. The average Bonchev–Trinajstić information content (AvgIpc) is 2.42. The molecule has 0 bridgehead atoms. The van der Waals surface area contributed by atoms with Crippen molar-refractivity contribution in [2.45, 2.75) is 39.5 Å². The molecule has 0 saturated heterocycles. The number of unbranched alkanes of at least 4 members (excludes halogenated alkanes) is 1. The minimum Gasteiger partial charge on any atom is -0.409 e. The van der Waals surface area contributed by atoms with Gasteiger partial charge in [0, 0.05) is 13.0 Å². The Balaban J connectivity index is 2.28. The maximum atomic E-state index is 11.8. The highest BCUT2D eigenvalue weighted by Gasteiger charge is 2.05. The Hall–Kier alpha value is -2.04. The van der Waals surface area contributed by atoms with Gasteiger partial charge in [0.25, 0.3) is 0 Å². The first-order valence-corrected chi connectivity index (χ1v) is 6.82. The van der Waals surface area contributed by atoms with Gasteiger partial charge in [0.15, 0.2) is 0 Å². The predicted molar refractivity (Wildman–Crippen MR) is 79.9 cm³/mol. The first kappa shape index (κ1) is 16.0. The molecule has 5 heteroatoms. The van der Waals surface area contributed by atoms with Crippen molar-refractivity contribution < 1.29 is 10.0 Å². The molecule has 0 aliphatic carbocycles. The highest BCUT2D eigenvalue weighted by Crippen LogP contribution is 2.11. The third-order valence-electron chi connectivity index (χ3n) is 3.17. The Morgan fingerprint density at radius 1 is 1.35 bits per heavy atom. The molecule has 0 aromatic heterocycles. The van der Waals surface area contributed by atoms with E-state index in [0.717, 1.165) is 29.5 Å². The molecule has 0 radical (unpaired) electrons. The number of nitrogens with one attached hydrogen (secondary N) is 1. The Kier molecular flexibility index (Phi) is 6.56. The lowest BCUT2D eigenvalue weighted by Gasteiger charge is -2.08. The summed E-state index contributed by atoms with van der Waals surface area (Å²) in [5.74, 6) is 0.259. The van der Waals surface area contributed by atoms with Crippen molar-refractivity contribution >= 4 is 11.7 Å². The number of nitrogens with zero attached hydrogens (tertiary/aromatic N) is 1. The first-order valence-electron chi connectivity index (χ1n) is 6.82. The van der Waals surface area contributed by atoms with E-state index in [2.05, 4.69) is 10.5 Å². The summed E-state index contributed by atoms with van der Waals surface area (Å²) in [6.45, 7) is 4.65. The van der Waals surface area contributed by atoms with Gasteiger partial charge in [-0.05, 0) is 37.8 Å². The molecule has 1 aromatic rings. The first-order chi connectivity index (χ1) is 9.52. The number of rotatable bonds is 7. The zero-order valence-corrected chi connectivity index (χ0v) is 12.1. The van der Waals surface area contributed by atoms with E-state index in [1.165, 1.54) is 0 Å². The van der Waals surface area contributed by atoms with Gasteiger partial charge in [-0.2, -0.15) is 0 Å². The van der Waals surface area contributed by atoms with E-state index in [0.29, 0.717) is 19.4 Å². The van der Waals surface area contributed by atoms with Crippen LogP contribution in [0.3, 0.4) is 0 Å². The second-order valence-electron chi connectivity index (χ2n) is 5.01. The fourth-order valence-electron chi connectivity index (χ4n) is 1.94. The third kappa shape index (κ3) is 5.73. The van der Waals surface area contributed by atoms with Crippen molar-refractivity contribution in [3.63, 3.8) is 0 Å². The van der Waals surface area contributed by atoms with Crippen molar-refractivity contribution in [3.8, 4) is 0 Å². The Morgan fingerprint density at radius 3 is 2.80 bits per heavy atom. The van der Waals surface area contributed by atoms with Crippen LogP contribution in [-0.4, -0.2) is 23.5 Å². The van der Waals surface area contributed by atoms with E-state index in [1.807, 2.05) is 32.0 Å². The highest BCUT2D eigenvalue weighted by atomic mass is 16.4. The van der Waals surface area contributed by atoms with E-state index < -0.39 is 0 Å². The number of aryl methyl sites for hydroxylation is 2. The van der Waals surface area contributed by atoms with Crippen LogP contribution >= 0.6 is 0 Å². The number of oxime groups is 1. The Bertz CT molecular complexity index is 484. The number of carbonyl (C=O) groups excluding carboxylic acids is 1. The van der Waals surface area contributed by atoms with Gasteiger partial charge in [-0.15, -0.1) is 0 Å². The van der Waals surface area contributed by atoms with Crippen molar-refractivity contribution in [2.24, 2.45) is 10.9 Å². The summed E-state index contributed by atoms with van der Waals surface area (Å²) < 4.78 is 0. The summed E-state index contributed by atoms with van der Waals surface area (Å²) in [6.07, 6.45) is 2.56. The summed E-state index contributed by atoms with van der Waals surface area (Å²) in [6, 6.07) is 6.13. The molecule has 0 unspecified atom stereocenters. The van der Waals surface area contributed by atoms with Gasteiger partial charge in [-0.3, -0.25) is 4.79 Å². The van der Waals surface area contributed by atoms with Gasteiger partial charge >= 0.3 is 0 Å². The topological polar surface area (TPSA) is 87.7 Å². The summed E-state index contributed by atoms with van der Waals surface area (Å²) in [4.78, 5) is 11.8. The van der Waals surface area contributed by atoms with Crippen LogP contribution in [0.15, 0.2) is 23.4 Å². The molecular formula is C15H23N3O2. The molecule has 1 amide bonds. The van der Waals surface area contributed by atoms with E-state index >= 15 is 0 Å². The lowest BCUT2D eigenvalue weighted by Crippen LogP contribution is -2.26. The number of carbonyl (C=O) groups is 1. The number of amides is 1. The second-order valence-corrected chi connectivity index (χ2v) is 5.01. The predicted octanol–water partition coefficient (Wildman–Crippen LogP) is 1.88. The molecule has 0 saturated carbocycles. The number of amidine groups is 1. The lowest BCUT2D eigenvalue weighted by molar-refractivity contribution is -0.120. The van der Waals surface area contributed by atoms with Gasteiger partial charge in [0.1, 0.15) is 5.84 Å². The standard InChI is InChI=1S/C15H23N3O2/c1-11-6-7-12(2)13(9-11)10-15(19)17-8-4-3-5-14(16)18-20/h6-7,9,20H,3-5,8,10H2,1-2H3,(H2,16,18)(H,17,19). The van der Waals surface area contributed by atoms with Crippen LogP contribution in [0.2, 0.25) is 0 Å². The van der Waals surface area contributed by atoms with Crippen LogP contribution in [0.1, 0.15) is 36.0 Å². The zero-order chi connectivity index (χ0) is 15.0. The molecule has 1 rings (SSSR count). The molecular weight excluding hydrogens is 254 g/mol. The molecule has 4 N–H and O–H groups in total. The number of nitrogens with two attached hydrogens (primary N) is 1. The molecule has 0 spiro atoms. The normalized spacial score (nSPS) is 11.4. The Morgan fingerprint density at radius 2 is 2.10 bits per heavy atom. The van der Waals surface area contributed by atoms with Gasteiger partial charge in [-0.1, -0.05) is 28.9 Å². The molecule has 0 atom stereocenters. The largest absolute Gasteiger partial charge is 0.409 e. The molecule has 5 nitrogen and oxygen atoms in total. The summed E-state index contributed by atoms with van der Waals surface area (Å²) in [5.41, 5.74) is 8.73. The molecule has 0 fully saturated rings. The van der Waals surface area contributed by atoms with E-state index in [9.17, 15) is 4.79 Å². The van der Waals surface area contributed by atoms with Crippen molar-refractivity contribution in [3.05, 3.63) is 34.9 Å². The van der Waals surface area contributed by atoms with Crippen LogP contribution in [0, 0.1) is 13.8 Å². The van der Waals surface area contributed by atoms with Crippen molar-refractivity contribution in [2.75, 3.05) is 6.54 Å². The fraction of sp³-hybridized carbons (Fsp3) is 0.467. The molecule has 0 heterocycles. The van der Waals surface area contributed by atoms with Crippen LogP contribution in [0.5, 0.6) is 0 Å². The van der Waals surface area contributed by atoms with Gasteiger partial charge < -0.3 is 16.3 Å². The minimum absolute atomic E-state index is 0.0301. The number of hydrogen-bond acceptors (Lipinski definition) is 3. The molecule has 0 aliphatic heterocycles. The fourth-order valence-corrected chi connectivity index (χ4v) is 1.94. The van der Waals surface area contributed by atoms with Crippen molar-refractivity contribution in [1.82, 2.24) is 5.32 Å². The van der Waals surface area contributed by atoms with E-state index in [-0.39, 0.29) is 11.7 Å². The molecule has 1 aromatic carbocycles. The van der Waals surface area contributed by atoms with Gasteiger partial charge in [0.05, 0.1) is 6.42 Å². The SMILES string of the molecule is Cc1ccc(C)c(CC(=O)NCCCCC(N)=NO)c1. The third-order valence-corrected chi connectivity index (χ3v) is 3.17. The Labute approximate surface area is 119 Å². The second kappa shape index (κ2) is 8.19. The van der Waals surface area contributed by atoms with Crippen LogP contribution in [0.25, 0.3) is 0 Å². The summed E-state index contributed by atoms with van der Waals surface area (Å²) in [5, 5.41) is 14.2. The monoisotopic (exact) mass is 277 g/mol. The lowest BCUT2D eigenvalue weighted by atomic mass is 10.0.